The lowest BCUT2D eigenvalue weighted by Gasteiger charge is -2.42. The van der Waals surface area contributed by atoms with E-state index in [1.54, 1.807) is 0 Å². The lowest BCUT2D eigenvalue weighted by Crippen LogP contribution is -2.46. The molecule has 1 N–H and O–H groups in total. The maximum absolute atomic E-state index is 4.38. The molecule has 3 rings (SSSR count). The van der Waals surface area contributed by atoms with E-state index in [2.05, 4.69) is 16.8 Å². The molecule has 0 aliphatic heterocycles. The van der Waals surface area contributed by atoms with E-state index in [4.69, 9.17) is 0 Å². The maximum atomic E-state index is 4.38. The van der Waals surface area contributed by atoms with Crippen molar-refractivity contribution in [3.05, 3.63) is 12.2 Å². The predicted octanol–water partition coefficient (Wildman–Crippen LogP) is 4.26. The molecular weight excluding hydrogens is 256 g/mol. The summed E-state index contributed by atoms with van der Waals surface area (Å²) in [6.07, 6.45) is 17.2. The third-order valence-corrected chi connectivity index (χ3v) is 5.71. The van der Waals surface area contributed by atoms with E-state index in [0.29, 0.717) is 0 Å². The second kappa shape index (κ2) is 7.78. The largest absolute Gasteiger partial charge is 0.310 e. The van der Waals surface area contributed by atoms with Gasteiger partial charge in [0, 0.05) is 31.2 Å². The van der Waals surface area contributed by atoms with Gasteiger partial charge in [-0.25, -0.2) is 0 Å². The summed E-state index contributed by atoms with van der Waals surface area (Å²) in [7, 11) is 0. The van der Waals surface area contributed by atoms with Crippen LogP contribution in [-0.4, -0.2) is 36.1 Å². The number of nitrogens with zero attached hydrogens (tertiary/aromatic N) is 1. The van der Waals surface area contributed by atoms with Gasteiger partial charge in [-0.15, -0.1) is 0 Å². The number of nitrogens with one attached hydrogen (secondary N) is 1. The molecule has 0 amide bonds. The van der Waals surface area contributed by atoms with Gasteiger partial charge in [-0.1, -0.05) is 45.1 Å². The van der Waals surface area contributed by atoms with Crippen LogP contribution in [0.15, 0.2) is 12.2 Å². The van der Waals surface area contributed by atoms with Gasteiger partial charge in [0.2, 0.25) is 0 Å². The first kappa shape index (κ1) is 15.6. The Bertz CT molecular complexity index is 304. The van der Waals surface area contributed by atoms with E-state index >= 15 is 0 Å². The van der Waals surface area contributed by atoms with Crippen LogP contribution in [0.4, 0.5) is 0 Å². The SMILES string of the molecule is C=C(CNC1CC1)CN(C1CCCCC1)C1CCCCC1. The molecule has 2 nitrogen and oxygen atoms in total. The lowest BCUT2D eigenvalue weighted by atomic mass is 9.88. The standard InChI is InChI=1S/C19H34N2/c1-16(14-20-17-12-13-17)15-21(18-8-4-2-5-9-18)19-10-6-3-7-11-19/h17-20H,1-15H2. The minimum atomic E-state index is 0.805. The molecule has 3 aliphatic carbocycles. The van der Waals surface area contributed by atoms with E-state index < -0.39 is 0 Å². The van der Waals surface area contributed by atoms with E-state index in [1.807, 2.05) is 0 Å². The Morgan fingerprint density at radius 3 is 1.81 bits per heavy atom. The molecule has 2 heteroatoms. The van der Waals surface area contributed by atoms with Gasteiger partial charge in [0.1, 0.15) is 0 Å². The summed E-state index contributed by atoms with van der Waals surface area (Å²) in [4.78, 5) is 2.87. The molecular formula is C19H34N2. The second-order valence-corrected chi connectivity index (χ2v) is 7.66. The summed E-state index contributed by atoms with van der Waals surface area (Å²) in [5, 5.41) is 3.64. The van der Waals surface area contributed by atoms with Crippen LogP contribution in [-0.2, 0) is 0 Å². The highest BCUT2D eigenvalue weighted by Crippen LogP contribution is 2.30. The molecule has 3 fully saturated rings. The first-order valence-electron chi connectivity index (χ1n) is 9.49. The Morgan fingerprint density at radius 2 is 1.33 bits per heavy atom. The summed E-state index contributed by atoms with van der Waals surface area (Å²) < 4.78 is 0. The molecule has 120 valence electrons. The van der Waals surface area contributed by atoms with Gasteiger partial charge in [-0.3, -0.25) is 4.90 Å². The van der Waals surface area contributed by atoms with Crippen LogP contribution in [0.25, 0.3) is 0 Å². The van der Waals surface area contributed by atoms with Crippen molar-refractivity contribution in [1.82, 2.24) is 10.2 Å². The van der Waals surface area contributed by atoms with Gasteiger partial charge >= 0.3 is 0 Å². The molecule has 0 spiro atoms. The minimum Gasteiger partial charge on any atom is -0.310 e. The number of rotatable bonds is 7. The Kier molecular flexibility index (Phi) is 5.76. The Morgan fingerprint density at radius 1 is 0.810 bits per heavy atom. The molecule has 0 aromatic heterocycles. The fraction of sp³-hybridized carbons (Fsp3) is 0.895. The molecule has 21 heavy (non-hydrogen) atoms. The van der Waals surface area contributed by atoms with E-state index in [1.165, 1.54) is 82.6 Å². The summed E-state index contributed by atoms with van der Waals surface area (Å²) >= 11 is 0. The Hall–Kier alpha value is -0.340. The van der Waals surface area contributed by atoms with Crippen molar-refractivity contribution >= 4 is 0 Å². The van der Waals surface area contributed by atoms with Crippen LogP contribution in [0.2, 0.25) is 0 Å². The fourth-order valence-corrected chi connectivity index (χ4v) is 4.27. The molecule has 0 aromatic rings. The lowest BCUT2D eigenvalue weighted by molar-refractivity contribution is 0.0906. The van der Waals surface area contributed by atoms with Gasteiger partial charge in [-0.2, -0.15) is 0 Å². The monoisotopic (exact) mass is 290 g/mol. The van der Waals surface area contributed by atoms with Crippen molar-refractivity contribution in [1.29, 1.82) is 0 Å². The van der Waals surface area contributed by atoms with Crippen molar-refractivity contribution < 1.29 is 0 Å². The average molecular weight is 290 g/mol. The van der Waals surface area contributed by atoms with Crippen LogP contribution in [0.1, 0.15) is 77.0 Å². The summed E-state index contributed by atoms with van der Waals surface area (Å²) in [5.74, 6) is 0. The minimum absolute atomic E-state index is 0.805. The van der Waals surface area contributed by atoms with E-state index in [0.717, 1.165) is 31.2 Å². The molecule has 3 aliphatic rings. The van der Waals surface area contributed by atoms with Crippen LogP contribution >= 0.6 is 0 Å². The van der Waals surface area contributed by atoms with Crippen molar-refractivity contribution in [3.63, 3.8) is 0 Å². The molecule has 3 saturated carbocycles. The predicted molar refractivity (Wildman–Crippen MR) is 90.6 cm³/mol. The summed E-state index contributed by atoms with van der Waals surface area (Å²) in [6.45, 7) is 6.57. The third kappa shape index (κ3) is 4.82. The van der Waals surface area contributed by atoms with Gasteiger partial charge < -0.3 is 5.32 Å². The average Bonchev–Trinajstić information content (AvgIpc) is 3.37. The van der Waals surface area contributed by atoms with Crippen molar-refractivity contribution in [3.8, 4) is 0 Å². The topological polar surface area (TPSA) is 15.3 Å². The van der Waals surface area contributed by atoms with E-state index in [-0.39, 0.29) is 0 Å². The first-order valence-corrected chi connectivity index (χ1v) is 9.49. The smallest absolute Gasteiger partial charge is 0.0208 e. The number of hydrogen-bond acceptors (Lipinski definition) is 2. The summed E-state index contributed by atoms with van der Waals surface area (Å²) in [6, 6.07) is 2.50. The Balaban J connectivity index is 1.55. The highest BCUT2D eigenvalue weighted by molar-refractivity contribution is 5.04. The zero-order valence-corrected chi connectivity index (χ0v) is 13.8. The van der Waals surface area contributed by atoms with Gasteiger partial charge in [-0.05, 0) is 44.1 Å². The number of hydrogen-bond donors (Lipinski definition) is 1. The normalized spacial score (nSPS) is 25.4. The van der Waals surface area contributed by atoms with Crippen molar-refractivity contribution in [2.75, 3.05) is 13.1 Å². The van der Waals surface area contributed by atoms with Gasteiger partial charge in [0.25, 0.3) is 0 Å². The molecule has 0 radical (unpaired) electrons. The van der Waals surface area contributed by atoms with Crippen LogP contribution in [0.5, 0.6) is 0 Å². The molecule has 0 unspecified atom stereocenters. The first-order chi connectivity index (χ1) is 10.3. The van der Waals surface area contributed by atoms with E-state index in [9.17, 15) is 0 Å². The van der Waals surface area contributed by atoms with Crippen LogP contribution in [0, 0.1) is 0 Å². The quantitative estimate of drug-likeness (QED) is 0.705. The highest BCUT2D eigenvalue weighted by Gasteiger charge is 2.29. The fourth-order valence-electron chi connectivity index (χ4n) is 4.27. The Labute approximate surface area is 131 Å². The summed E-state index contributed by atoms with van der Waals surface area (Å²) in [5.41, 5.74) is 1.41. The third-order valence-electron chi connectivity index (χ3n) is 5.71. The highest BCUT2D eigenvalue weighted by atomic mass is 15.2. The zero-order chi connectivity index (χ0) is 14.5. The second-order valence-electron chi connectivity index (χ2n) is 7.66. The molecule has 0 heterocycles. The van der Waals surface area contributed by atoms with Crippen LogP contribution < -0.4 is 5.32 Å². The molecule has 0 saturated heterocycles. The van der Waals surface area contributed by atoms with Crippen molar-refractivity contribution in [2.45, 2.75) is 95.2 Å². The van der Waals surface area contributed by atoms with Crippen molar-refractivity contribution in [2.24, 2.45) is 0 Å². The molecule has 0 aromatic carbocycles. The molecule has 0 bridgehead atoms. The van der Waals surface area contributed by atoms with Crippen LogP contribution in [0.3, 0.4) is 0 Å². The van der Waals surface area contributed by atoms with Gasteiger partial charge in [0.05, 0.1) is 0 Å². The maximum Gasteiger partial charge on any atom is 0.0208 e. The zero-order valence-electron chi connectivity index (χ0n) is 13.8. The van der Waals surface area contributed by atoms with Gasteiger partial charge in [0.15, 0.2) is 0 Å². The molecule has 0 atom stereocenters.